The zero-order valence-corrected chi connectivity index (χ0v) is 20.2. The molecule has 1 fully saturated rings. The molecule has 0 aliphatic carbocycles. The maximum atomic E-state index is 13.2. The molecule has 0 saturated carbocycles. The lowest BCUT2D eigenvalue weighted by Crippen LogP contribution is -2.48. The molecule has 2 heterocycles. The maximum absolute atomic E-state index is 13.2. The lowest BCUT2D eigenvalue weighted by Gasteiger charge is -2.35. The van der Waals surface area contributed by atoms with Crippen molar-refractivity contribution in [3.05, 3.63) is 66.5 Å². The van der Waals surface area contributed by atoms with Gasteiger partial charge in [-0.25, -0.2) is 14.4 Å². The minimum Gasteiger partial charge on any atom is -0.369 e. The Bertz CT molecular complexity index is 1170. The number of nitrogens with one attached hydrogen (secondary N) is 3. The van der Waals surface area contributed by atoms with Crippen molar-refractivity contribution < 1.29 is 14.0 Å². The molecule has 1 aliphatic heterocycles. The molecule has 36 heavy (non-hydrogen) atoms. The highest BCUT2D eigenvalue weighted by Gasteiger charge is 2.20. The van der Waals surface area contributed by atoms with Crippen LogP contribution in [0.2, 0.25) is 0 Å². The first kappa shape index (κ1) is 25.1. The summed E-state index contributed by atoms with van der Waals surface area (Å²) in [4.78, 5) is 37.3. The molecular weight excluding hydrogens is 461 g/mol. The van der Waals surface area contributed by atoms with Crippen molar-refractivity contribution >= 4 is 29.1 Å². The van der Waals surface area contributed by atoms with Crippen LogP contribution in [-0.4, -0.2) is 72.5 Å². The second kappa shape index (κ2) is 12.1. The number of benzene rings is 2. The van der Waals surface area contributed by atoms with Crippen LogP contribution < -0.4 is 20.9 Å². The number of halogens is 1. The van der Waals surface area contributed by atoms with Crippen LogP contribution in [0.15, 0.2) is 60.7 Å². The van der Waals surface area contributed by atoms with E-state index >= 15 is 0 Å². The summed E-state index contributed by atoms with van der Waals surface area (Å²) in [7, 11) is 0. The average Bonchev–Trinajstić information content (AvgIpc) is 2.88. The summed E-state index contributed by atoms with van der Waals surface area (Å²) in [6.07, 6.45) is 0. The smallest absolute Gasteiger partial charge is 0.239 e. The molecule has 3 N–H and O–H groups in total. The molecule has 1 aromatic heterocycles. The molecule has 3 aromatic rings. The van der Waals surface area contributed by atoms with Crippen LogP contribution in [0.3, 0.4) is 0 Å². The van der Waals surface area contributed by atoms with Crippen molar-refractivity contribution in [1.82, 2.24) is 20.2 Å². The molecule has 188 valence electrons. The SMILES string of the molecule is CC(=O)NCCNc1cc(NC(=O)CN2CCN(c3ccc(F)cc3)CC2)nc(-c2ccccc2)n1. The van der Waals surface area contributed by atoms with Crippen LogP contribution in [0.25, 0.3) is 11.4 Å². The highest BCUT2D eigenvalue weighted by atomic mass is 19.1. The third-order valence-electron chi connectivity index (χ3n) is 5.76. The minimum absolute atomic E-state index is 0.101. The molecule has 0 bridgehead atoms. The van der Waals surface area contributed by atoms with E-state index in [1.807, 2.05) is 30.3 Å². The zero-order chi connectivity index (χ0) is 25.3. The van der Waals surface area contributed by atoms with Gasteiger partial charge < -0.3 is 20.9 Å². The van der Waals surface area contributed by atoms with Gasteiger partial charge in [-0.3, -0.25) is 14.5 Å². The summed E-state index contributed by atoms with van der Waals surface area (Å²) in [6, 6.07) is 17.7. The van der Waals surface area contributed by atoms with Gasteiger partial charge in [-0.15, -0.1) is 0 Å². The highest BCUT2D eigenvalue weighted by Crippen LogP contribution is 2.20. The van der Waals surface area contributed by atoms with Crippen molar-refractivity contribution in [3.8, 4) is 11.4 Å². The Balaban J connectivity index is 1.36. The van der Waals surface area contributed by atoms with Crippen molar-refractivity contribution in [1.29, 1.82) is 0 Å². The predicted octanol–water partition coefficient (Wildman–Crippen LogP) is 2.59. The minimum atomic E-state index is -0.250. The van der Waals surface area contributed by atoms with E-state index in [0.717, 1.165) is 37.4 Å². The summed E-state index contributed by atoms with van der Waals surface area (Å²) in [5.41, 5.74) is 1.81. The number of hydrogen-bond donors (Lipinski definition) is 3. The van der Waals surface area contributed by atoms with Gasteiger partial charge in [0.2, 0.25) is 11.8 Å². The molecule has 4 rings (SSSR count). The Labute approximate surface area is 209 Å². The van der Waals surface area contributed by atoms with E-state index < -0.39 is 0 Å². The van der Waals surface area contributed by atoms with E-state index in [4.69, 9.17) is 0 Å². The van der Waals surface area contributed by atoms with Crippen molar-refractivity contribution in [2.75, 3.05) is 61.3 Å². The standard InChI is InChI=1S/C26H30FN7O2/c1-19(35)28-11-12-29-23-17-24(32-26(31-23)20-5-3-2-4-6-20)30-25(36)18-33-13-15-34(16-14-33)22-9-7-21(27)8-10-22/h2-10,17H,11-16,18H2,1H3,(H,28,35)(H2,29,30,31,32,36). The Morgan fingerprint density at radius 1 is 0.917 bits per heavy atom. The summed E-state index contributed by atoms with van der Waals surface area (Å²) in [6.45, 7) is 5.60. The number of carbonyl (C=O) groups is 2. The lowest BCUT2D eigenvalue weighted by atomic mass is 10.2. The summed E-state index contributed by atoms with van der Waals surface area (Å²) >= 11 is 0. The Kier molecular flexibility index (Phi) is 8.40. The molecule has 10 heteroatoms. The van der Waals surface area contributed by atoms with Gasteiger partial charge in [-0.2, -0.15) is 0 Å². The fourth-order valence-corrected chi connectivity index (χ4v) is 3.95. The molecule has 2 aromatic carbocycles. The number of aromatic nitrogens is 2. The summed E-state index contributed by atoms with van der Waals surface area (Å²) < 4.78 is 13.2. The topological polar surface area (TPSA) is 102 Å². The number of carbonyl (C=O) groups excluding carboxylic acids is 2. The molecule has 0 atom stereocenters. The van der Waals surface area contributed by atoms with Crippen LogP contribution in [0.4, 0.5) is 21.7 Å². The molecule has 9 nitrogen and oxygen atoms in total. The van der Waals surface area contributed by atoms with Gasteiger partial charge >= 0.3 is 0 Å². The highest BCUT2D eigenvalue weighted by molar-refractivity contribution is 5.92. The van der Waals surface area contributed by atoms with Crippen molar-refractivity contribution in [2.24, 2.45) is 0 Å². The first-order valence-corrected chi connectivity index (χ1v) is 11.9. The Morgan fingerprint density at radius 3 is 2.31 bits per heavy atom. The first-order chi connectivity index (χ1) is 17.5. The Hall–Kier alpha value is -4.05. The van der Waals surface area contributed by atoms with Crippen LogP contribution >= 0.6 is 0 Å². The van der Waals surface area contributed by atoms with E-state index in [2.05, 4.69) is 35.7 Å². The average molecular weight is 492 g/mol. The van der Waals surface area contributed by atoms with Crippen LogP contribution in [0, 0.1) is 5.82 Å². The summed E-state index contributed by atoms with van der Waals surface area (Å²) in [5, 5.41) is 8.80. The molecular formula is C26H30FN7O2. The van der Waals surface area contributed by atoms with Gasteiger partial charge in [0.05, 0.1) is 6.54 Å². The van der Waals surface area contributed by atoms with Crippen LogP contribution in [-0.2, 0) is 9.59 Å². The normalized spacial score (nSPS) is 13.8. The molecule has 0 radical (unpaired) electrons. The van der Waals surface area contributed by atoms with Gasteiger partial charge in [0.1, 0.15) is 17.5 Å². The molecule has 0 spiro atoms. The molecule has 1 aliphatic rings. The number of rotatable bonds is 9. The van der Waals surface area contributed by atoms with Crippen LogP contribution in [0.1, 0.15) is 6.92 Å². The second-order valence-corrected chi connectivity index (χ2v) is 8.53. The Morgan fingerprint density at radius 2 is 1.61 bits per heavy atom. The van der Waals surface area contributed by atoms with E-state index in [-0.39, 0.29) is 24.2 Å². The largest absolute Gasteiger partial charge is 0.369 e. The van der Waals surface area contributed by atoms with Gasteiger partial charge in [0, 0.05) is 63.5 Å². The van der Waals surface area contributed by atoms with Gasteiger partial charge in [0.15, 0.2) is 5.82 Å². The van der Waals surface area contributed by atoms with Crippen LogP contribution in [0.5, 0.6) is 0 Å². The van der Waals surface area contributed by atoms with E-state index in [0.29, 0.717) is 30.5 Å². The number of hydrogen-bond acceptors (Lipinski definition) is 7. The molecule has 2 amide bonds. The quantitative estimate of drug-likeness (QED) is 0.396. The monoisotopic (exact) mass is 491 g/mol. The van der Waals surface area contributed by atoms with E-state index in [1.54, 1.807) is 18.2 Å². The summed E-state index contributed by atoms with van der Waals surface area (Å²) in [5.74, 6) is 0.935. The van der Waals surface area contributed by atoms with Gasteiger partial charge in [-0.1, -0.05) is 30.3 Å². The fourth-order valence-electron chi connectivity index (χ4n) is 3.95. The fraction of sp³-hybridized carbons (Fsp3) is 0.308. The van der Waals surface area contributed by atoms with E-state index in [9.17, 15) is 14.0 Å². The van der Waals surface area contributed by atoms with Crippen molar-refractivity contribution in [2.45, 2.75) is 6.92 Å². The third kappa shape index (κ3) is 7.22. The lowest BCUT2D eigenvalue weighted by molar-refractivity contribution is -0.119. The number of piperazine rings is 1. The first-order valence-electron chi connectivity index (χ1n) is 11.9. The number of amides is 2. The number of anilines is 3. The number of nitrogens with zero attached hydrogens (tertiary/aromatic N) is 4. The molecule has 0 unspecified atom stereocenters. The van der Waals surface area contributed by atoms with E-state index in [1.165, 1.54) is 19.1 Å². The van der Waals surface area contributed by atoms with Gasteiger partial charge in [0.25, 0.3) is 0 Å². The molecule has 1 saturated heterocycles. The zero-order valence-electron chi connectivity index (χ0n) is 20.2. The maximum Gasteiger partial charge on any atom is 0.239 e. The predicted molar refractivity (Wildman–Crippen MR) is 138 cm³/mol. The van der Waals surface area contributed by atoms with Gasteiger partial charge in [-0.05, 0) is 24.3 Å². The van der Waals surface area contributed by atoms with Crippen molar-refractivity contribution in [3.63, 3.8) is 0 Å². The third-order valence-corrected chi connectivity index (χ3v) is 5.76. The second-order valence-electron chi connectivity index (χ2n) is 8.53.